The van der Waals surface area contributed by atoms with Crippen LogP contribution >= 0.6 is 12.4 Å². The number of carbonyl (C=O) groups is 1. The van der Waals surface area contributed by atoms with Crippen LogP contribution in [0.15, 0.2) is 53.4 Å². The molecule has 8 heteroatoms. The molecule has 0 aliphatic heterocycles. The van der Waals surface area contributed by atoms with Crippen LogP contribution in [0.4, 0.5) is 0 Å². The number of aryl methyl sites for hydroxylation is 1. The number of benzene rings is 2. The summed E-state index contributed by atoms with van der Waals surface area (Å²) in [7, 11) is -3.73. The molecule has 0 heterocycles. The van der Waals surface area contributed by atoms with Gasteiger partial charge in [0.25, 0.3) is 5.91 Å². The molecule has 0 saturated carbocycles. The summed E-state index contributed by atoms with van der Waals surface area (Å²) >= 11 is 0. The highest BCUT2D eigenvalue weighted by Gasteiger charge is 2.19. The van der Waals surface area contributed by atoms with Gasteiger partial charge in [-0.3, -0.25) is 4.79 Å². The fourth-order valence-corrected chi connectivity index (χ4v) is 3.62. The third kappa shape index (κ3) is 6.62. The van der Waals surface area contributed by atoms with Gasteiger partial charge in [0.05, 0.1) is 4.90 Å². The van der Waals surface area contributed by atoms with Gasteiger partial charge in [-0.1, -0.05) is 43.3 Å². The van der Waals surface area contributed by atoms with E-state index in [2.05, 4.69) is 10.0 Å². The van der Waals surface area contributed by atoms with Gasteiger partial charge in [0.1, 0.15) is 0 Å². The summed E-state index contributed by atoms with van der Waals surface area (Å²) in [6, 6.07) is 13.9. The molecule has 2 aromatic carbocycles. The van der Waals surface area contributed by atoms with Gasteiger partial charge in [-0.15, -0.1) is 12.4 Å². The average Bonchev–Trinajstić information content (AvgIpc) is 2.65. The molecule has 1 amide bonds. The van der Waals surface area contributed by atoms with E-state index in [-0.39, 0.29) is 35.7 Å². The summed E-state index contributed by atoms with van der Waals surface area (Å²) in [6.07, 6.45) is 0. The van der Waals surface area contributed by atoms with Crippen LogP contribution in [0.3, 0.4) is 0 Å². The van der Waals surface area contributed by atoms with Gasteiger partial charge in [-0.25, -0.2) is 13.1 Å². The predicted molar refractivity (Wildman–Crippen MR) is 109 cm³/mol. The summed E-state index contributed by atoms with van der Waals surface area (Å²) in [5.41, 5.74) is 7.29. The van der Waals surface area contributed by atoms with Crippen LogP contribution in [0.2, 0.25) is 0 Å². The van der Waals surface area contributed by atoms with Crippen molar-refractivity contribution in [2.75, 3.05) is 13.1 Å². The highest BCUT2D eigenvalue weighted by atomic mass is 35.5. The highest BCUT2D eigenvalue weighted by Crippen LogP contribution is 2.17. The van der Waals surface area contributed by atoms with Crippen LogP contribution in [0.25, 0.3) is 0 Å². The molecule has 0 spiro atoms. The number of sulfonamides is 1. The van der Waals surface area contributed by atoms with E-state index in [0.29, 0.717) is 24.2 Å². The summed E-state index contributed by atoms with van der Waals surface area (Å²) in [4.78, 5) is 12.4. The Kier molecular flexibility index (Phi) is 8.92. The molecular formula is C19H26ClN3O3S. The van der Waals surface area contributed by atoms with Gasteiger partial charge in [-0.05, 0) is 42.6 Å². The molecule has 0 aliphatic carbocycles. The van der Waals surface area contributed by atoms with E-state index in [1.807, 2.05) is 37.3 Å². The first-order valence-electron chi connectivity index (χ1n) is 8.46. The maximum Gasteiger partial charge on any atom is 0.251 e. The molecule has 4 N–H and O–H groups in total. The quantitative estimate of drug-likeness (QED) is 0.619. The molecule has 27 heavy (non-hydrogen) atoms. The molecule has 0 aromatic heterocycles. The molecule has 2 aromatic rings. The van der Waals surface area contributed by atoms with Crippen molar-refractivity contribution >= 4 is 28.3 Å². The maximum absolute atomic E-state index is 12.7. The standard InChI is InChI=1S/C19H25N3O3S.ClH/c1-14(11-20)12-21-19(23)17-9-8-15(2)18(10-17)26(24,25)22-13-16-6-4-3-5-7-16;/h3-10,14,22H,11-13,20H2,1-2H3,(H,21,23);1H. The first kappa shape index (κ1) is 23.1. The molecule has 0 saturated heterocycles. The molecule has 1 atom stereocenters. The van der Waals surface area contributed by atoms with Gasteiger partial charge in [-0.2, -0.15) is 0 Å². The molecular weight excluding hydrogens is 386 g/mol. The molecule has 6 nitrogen and oxygen atoms in total. The number of halogens is 1. The second-order valence-corrected chi connectivity index (χ2v) is 8.08. The summed E-state index contributed by atoms with van der Waals surface area (Å²) in [5.74, 6) is -0.162. The van der Waals surface area contributed by atoms with Gasteiger partial charge < -0.3 is 11.1 Å². The maximum atomic E-state index is 12.7. The number of hydrogen-bond donors (Lipinski definition) is 3. The van der Waals surface area contributed by atoms with Crippen molar-refractivity contribution in [2.45, 2.75) is 25.3 Å². The lowest BCUT2D eigenvalue weighted by atomic mass is 10.1. The number of amides is 1. The third-order valence-electron chi connectivity index (χ3n) is 4.06. The van der Waals surface area contributed by atoms with E-state index in [9.17, 15) is 13.2 Å². The zero-order valence-electron chi connectivity index (χ0n) is 15.4. The Labute approximate surface area is 167 Å². The van der Waals surface area contributed by atoms with Gasteiger partial charge >= 0.3 is 0 Å². The Morgan fingerprint density at radius 3 is 2.44 bits per heavy atom. The average molecular weight is 412 g/mol. The Hall–Kier alpha value is -1.93. The first-order chi connectivity index (χ1) is 12.3. The zero-order chi connectivity index (χ0) is 19.2. The van der Waals surface area contributed by atoms with E-state index in [1.54, 1.807) is 19.1 Å². The van der Waals surface area contributed by atoms with Crippen LogP contribution < -0.4 is 15.8 Å². The van der Waals surface area contributed by atoms with E-state index in [1.165, 1.54) is 6.07 Å². The lowest BCUT2D eigenvalue weighted by molar-refractivity contribution is 0.0948. The minimum atomic E-state index is -3.73. The molecule has 1 unspecified atom stereocenters. The van der Waals surface area contributed by atoms with Gasteiger partial charge in [0.15, 0.2) is 0 Å². The van der Waals surface area contributed by atoms with Crippen LogP contribution in [0.1, 0.15) is 28.4 Å². The Morgan fingerprint density at radius 2 is 1.81 bits per heavy atom. The normalized spacial score (nSPS) is 12.1. The highest BCUT2D eigenvalue weighted by molar-refractivity contribution is 7.89. The number of hydrogen-bond acceptors (Lipinski definition) is 4. The second kappa shape index (κ2) is 10.4. The van der Waals surface area contributed by atoms with Crippen molar-refractivity contribution < 1.29 is 13.2 Å². The lowest BCUT2D eigenvalue weighted by Gasteiger charge is -2.13. The SMILES string of the molecule is Cc1ccc(C(=O)NCC(C)CN)cc1S(=O)(=O)NCc1ccccc1.Cl. The van der Waals surface area contributed by atoms with Crippen LogP contribution in [-0.2, 0) is 16.6 Å². The molecule has 0 fully saturated rings. The van der Waals surface area contributed by atoms with Crippen molar-refractivity contribution in [1.82, 2.24) is 10.0 Å². The topological polar surface area (TPSA) is 101 Å². The summed E-state index contributed by atoms with van der Waals surface area (Å²) in [6.45, 7) is 4.73. The minimum absolute atomic E-state index is 0. The van der Waals surface area contributed by atoms with E-state index in [0.717, 1.165) is 5.56 Å². The second-order valence-electron chi connectivity index (χ2n) is 6.34. The minimum Gasteiger partial charge on any atom is -0.352 e. The van der Waals surface area contributed by atoms with Crippen molar-refractivity contribution in [3.05, 3.63) is 65.2 Å². The Balaban J connectivity index is 0.00000364. The van der Waals surface area contributed by atoms with E-state index in [4.69, 9.17) is 5.73 Å². The largest absolute Gasteiger partial charge is 0.352 e. The molecule has 2 rings (SSSR count). The molecule has 0 bridgehead atoms. The van der Waals surface area contributed by atoms with Crippen LogP contribution in [0.5, 0.6) is 0 Å². The van der Waals surface area contributed by atoms with Crippen molar-refractivity contribution in [3.63, 3.8) is 0 Å². The Bertz CT molecular complexity index is 858. The van der Waals surface area contributed by atoms with E-state index < -0.39 is 10.0 Å². The number of carbonyl (C=O) groups excluding carboxylic acids is 1. The van der Waals surface area contributed by atoms with Crippen molar-refractivity contribution in [2.24, 2.45) is 11.7 Å². The van der Waals surface area contributed by atoms with Crippen LogP contribution in [-0.4, -0.2) is 27.4 Å². The fraction of sp³-hybridized carbons (Fsp3) is 0.316. The number of nitrogens with two attached hydrogens (primary N) is 1. The third-order valence-corrected chi connectivity index (χ3v) is 5.61. The van der Waals surface area contributed by atoms with Crippen molar-refractivity contribution in [3.8, 4) is 0 Å². The van der Waals surface area contributed by atoms with Gasteiger partial charge in [0, 0.05) is 18.7 Å². The lowest BCUT2D eigenvalue weighted by Crippen LogP contribution is -2.31. The monoisotopic (exact) mass is 411 g/mol. The zero-order valence-corrected chi connectivity index (χ0v) is 17.1. The molecule has 0 aliphatic rings. The fourth-order valence-electron chi connectivity index (χ4n) is 2.34. The number of nitrogens with one attached hydrogen (secondary N) is 2. The van der Waals surface area contributed by atoms with E-state index >= 15 is 0 Å². The molecule has 0 radical (unpaired) electrons. The molecule has 148 valence electrons. The summed E-state index contributed by atoms with van der Waals surface area (Å²) in [5, 5.41) is 2.77. The van der Waals surface area contributed by atoms with Crippen molar-refractivity contribution in [1.29, 1.82) is 0 Å². The van der Waals surface area contributed by atoms with Gasteiger partial charge in [0.2, 0.25) is 10.0 Å². The van der Waals surface area contributed by atoms with Crippen LogP contribution in [0, 0.1) is 12.8 Å². The first-order valence-corrected chi connectivity index (χ1v) is 9.94. The summed E-state index contributed by atoms with van der Waals surface area (Å²) < 4.78 is 27.9. The predicted octanol–water partition coefficient (Wildman–Crippen LogP) is 2.22. The Morgan fingerprint density at radius 1 is 1.15 bits per heavy atom. The smallest absolute Gasteiger partial charge is 0.251 e. The number of rotatable bonds is 8.